The summed E-state index contributed by atoms with van der Waals surface area (Å²) in [5.74, 6) is 1.13. The zero-order chi connectivity index (χ0) is 15.5. The van der Waals surface area contributed by atoms with Crippen LogP contribution in [0.1, 0.15) is 17.3 Å². The van der Waals surface area contributed by atoms with Gasteiger partial charge >= 0.3 is 5.97 Å². The SMILES string of the molecule is CCOc1ccc(-c2nc3c(C(=O)OC)cccc3[nH]2)cc1. The lowest BCUT2D eigenvalue weighted by Crippen LogP contribution is -2.01. The molecule has 5 nitrogen and oxygen atoms in total. The molecule has 0 fully saturated rings. The number of imidazole rings is 1. The van der Waals surface area contributed by atoms with E-state index in [-0.39, 0.29) is 0 Å². The Kier molecular flexibility index (Phi) is 3.78. The Balaban J connectivity index is 2.03. The number of hydrogen-bond donors (Lipinski definition) is 1. The minimum atomic E-state index is -0.393. The molecule has 0 saturated heterocycles. The van der Waals surface area contributed by atoms with E-state index in [1.54, 1.807) is 12.1 Å². The van der Waals surface area contributed by atoms with Gasteiger partial charge in [0.15, 0.2) is 0 Å². The molecule has 3 rings (SSSR count). The lowest BCUT2D eigenvalue weighted by Gasteiger charge is -2.03. The van der Waals surface area contributed by atoms with Gasteiger partial charge in [0.2, 0.25) is 0 Å². The van der Waals surface area contributed by atoms with Crippen LogP contribution in [0.5, 0.6) is 5.75 Å². The highest BCUT2D eigenvalue weighted by Gasteiger charge is 2.14. The van der Waals surface area contributed by atoms with Crippen molar-refractivity contribution in [3.8, 4) is 17.1 Å². The van der Waals surface area contributed by atoms with Gasteiger partial charge in [0.25, 0.3) is 0 Å². The van der Waals surface area contributed by atoms with Crippen LogP contribution in [0.3, 0.4) is 0 Å². The maximum Gasteiger partial charge on any atom is 0.340 e. The number of nitrogens with one attached hydrogen (secondary N) is 1. The number of methoxy groups -OCH3 is 1. The lowest BCUT2D eigenvalue weighted by atomic mass is 10.2. The van der Waals surface area contributed by atoms with Crippen LogP contribution in [-0.4, -0.2) is 29.7 Å². The first kappa shape index (κ1) is 14.1. The van der Waals surface area contributed by atoms with Crippen molar-refractivity contribution in [3.63, 3.8) is 0 Å². The summed E-state index contributed by atoms with van der Waals surface area (Å²) in [5, 5.41) is 0. The van der Waals surface area contributed by atoms with E-state index in [9.17, 15) is 4.79 Å². The number of esters is 1. The van der Waals surface area contributed by atoms with Crippen LogP contribution in [0.25, 0.3) is 22.4 Å². The normalized spacial score (nSPS) is 10.6. The van der Waals surface area contributed by atoms with Crippen molar-refractivity contribution in [2.24, 2.45) is 0 Å². The number of rotatable bonds is 4. The van der Waals surface area contributed by atoms with Crippen molar-refractivity contribution in [2.45, 2.75) is 6.92 Å². The Morgan fingerprint density at radius 1 is 1.18 bits per heavy atom. The molecule has 5 heteroatoms. The third-order valence-electron chi connectivity index (χ3n) is 3.36. The maximum atomic E-state index is 11.8. The molecule has 0 unspecified atom stereocenters. The number of aromatic amines is 1. The Morgan fingerprint density at radius 2 is 1.95 bits per heavy atom. The van der Waals surface area contributed by atoms with Crippen molar-refractivity contribution in [1.29, 1.82) is 0 Å². The summed E-state index contributed by atoms with van der Waals surface area (Å²) in [6, 6.07) is 13.0. The first-order chi connectivity index (χ1) is 10.7. The van der Waals surface area contributed by atoms with Gasteiger partial charge in [0.1, 0.15) is 17.1 Å². The number of carbonyl (C=O) groups is 1. The van der Waals surface area contributed by atoms with Gasteiger partial charge in [-0.05, 0) is 43.3 Å². The largest absolute Gasteiger partial charge is 0.494 e. The Bertz CT molecular complexity index is 806. The van der Waals surface area contributed by atoms with Gasteiger partial charge in [-0.1, -0.05) is 6.07 Å². The molecule has 0 aliphatic carbocycles. The summed E-state index contributed by atoms with van der Waals surface area (Å²) in [4.78, 5) is 19.6. The molecule has 0 radical (unpaired) electrons. The molecule has 0 aliphatic heterocycles. The lowest BCUT2D eigenvalue weighted by molar-refractivity contribution is 0.0603. The highest BCUT2D eigenvalue weighted by atomic mass is 16.5. The van der Waals surface area contributed by atoms with Gasteiger partial charge in [-0.2, -0.15) is 0 Å². The van der Waals surface area contributed by atoms with Crippen LogP contribution in [0.15, 0.2) is 42.5 Å². The van der Waals surface area contributed by atoms with Gasteiger partial charge in [-0.3, -0.25) is 0 Å². The number of ether oxygens (including phenoxy) is 2. The van der Waals surface area contributed by atoms with Crippen molar-refractivity contribution in [3.05, 3.63) is 48.0 Å². The molecule has 1 aromatic heterocycles. The quantitative estimate of drug-likeness (QED) is 0.749. The van der Waals surface area contributed by atoms with Crippen LogP contribution in [-0.2, 0) is 4.74 Å². The number of aromatic nitrogens is 2. The molecule has 0 atom stereocenters. The Hall–Kier alpha value is -2.82. The van der Waals surface area contributed by atoms with Gasteiger partial charge in [-0.25, -0.2) is 9.78 Å². The number of hydrogen-bond acceptors (Lipinski definition) is 4. The van der Waals surface area contributed by atoms with E-state index in [0.29, 0.717) is 23.5 Å². The van der Waals surface area contributed by atoms with E-state index in [1.807, 2.05) is 37.3 Å². The second-order valence-corrected chi connectivity index (χ2v) is 4.74. The summed E-state index contributed by atoms with van der Waals surface area (Å²) in [7, 11) is 1.36. The van der Waals surface area contributed by atoms with Crippen molar-refractivity contribution < 1.29 is 14.3 Å². The molecule has 0 aliphatic rings. The third-order valence-corrected chi connectivity index (χ3v) is 3.36. The van der Waals surface area contributed by atoms with Gasteiger partial charge < -0.3 is 14.5 Å². The molecular formula is C17H16N2O3. The van der Waals surface area contributed by atoms with Gasteiger partial charge in [0, 0.05) is 5.56 Å². The molecule has 1 heterocycles. The van der Waals surface area contributed by atoms with Crippen LogP contribution in [0, 0.1) is 0 Å². The molecule has 2 aromatic carbocycles. The van der Waals surface area contributed by atoms with Crippen LogP contribution in [0.4, 0.5) is 0 Å². The fraction of sp³-hybridized carbons (Fsp3) is 0.176. The van der Waals surface area contributed by atoms with E-state index >= 15 is 0 Å². The fourth-order valence-corrected chi connectivity index (χ4v) is 2.32. The second kappa shape index (κ2) is 5.89. The molecule has 112 valence electrons. The summed E-state index contributed by atoms with van der Waals surface area (Å²) in [5.41, 5.74) is 2.79. The topological polar surface area (TPSA) is 64.2 Å². The summed E-state index contributed by atoms with van der Waals surface area (Å²) >= 11 is 0. The van der Waals surface area contributed by atoms with Gasteiger partial charge in [0.05, 0.1) is 24.8 Å². The van der Waals surface area contributed by atoms with Crippen molar-refractivity contribution >= 4 is 17.0 Å². The average Bonchev–Trinajstić information content (AvgIpc) is 2.99. The maximum absolute atomic E-state index is 11.8. The van der Waals surface area contributed by atoms with E-state index in [2.05, 4.69) is 9.97 Å². The number of carbonyl (C=O) groups excluding carboxylic acids is 1. The van der Waals surface area contributed by atoms with E-state index < -0.39 is 5.97 Å². The predicted octanol–water partition coefficient (Wildman–Crippen LogP) is 3.42. The van der Waals surface area contributed by atoms with E-state index in [1.165, 1.54) is 7.11 Å². The molecule has 0 saturated carbocycles. The van der Waals surface area contributed by atoms with E-state index in [0.717, 1.165) is 16.8 Å². The minimum absolute atomic E-state index is 0.393. The fourth-order valence-electron chi connectivity index (χ4n) is 2.32. The molecular weight excluding hydrogens is 280 g/mol. The zero-order valence-corrected chi connectivity index (χ0v) is 12.4. The standard InChI is InChI=1S/C17H16N2O3/c1-3-22-12-9-7-11(8-10-12)16-18-14-6-4-5-13(15(14)19-16)17(20)21-2/h4-10H,3H2,1-2H3,(H,18,19). The highest BCUT2D eigenvalue weighted by molar-refractivity contribution is 6.02. The zero-order valence-electron chi connectivity index (χ0n) is 12.4. The second-order valence-electron chi connectivity index (χ2n) is 4.74. The third kappa shape index (κ3) is 2.53. The van der Waals surface area contributed by atoms with E-state index in [4.69, 9.17) is 9.47 Å². The average molecular weight is 296 g/mol. The number of para-hydroxylation sites is 1. The molecule has 0 bridgehead atoms. The molecule has 3 aromatic rings. The number of H-pyrrole nitrogens is 1. The Labute approximate surface area is 127 Å². The van der Waals surface area contributed by atoms with Gasteiger partial charge in [-0.15, -0.1) is 0 Å². The minimum Gasteiger partial charge on any atom is -0.494 e. The summed E-state index contributed by atoms with van der Waals surface area (Å²) < 4.78 is 10.2. The monoisotopic (exact) mass is 296 g/mol. The Morgan fingerprint density at radius 3 is 2.64 bits per heavy atom. The summed E-state index contributed by atoms with van der Waals surface area (Å²) in [6.07, 6.45) is 0. The number of fused-ring (bicyclic) bond motifs is 1. The predicted molar refractivity (Wildman–Crippen MR) is 84.0 cm³/mol. The first-order valence-corrected chi connectivity index (χ1v) is 7.03. The molecule has 0 spiro atoms. The number of benzene rings is 2. The molecule has 0 amide bonds. The molecule has 22 heavy (non-hydrogen) atoms. The van der Waals surface area contributed by atoms with Crippen LogP contribution < -0.4 is 4.74 Å². The van der Waals surface area contributed by atoms with Crippen LogP contribution >= 0.6 is 0 Å². The highest BCUT2D eigenvalue weighted by Crippen LogP contribution is 2.25. The summed E-state index contributed by atoms with van der Waals surface area (Å²) in [6.45, 7) is 2.58. The van der Waals surface area contributed by atoms with Crippen molar-refractivity contribution in [1.82, 2.24) is 9.97 Å². The van der Waals surface area contributed by atoms with Crippen LogP contribution in [0.2, 0.25) is 0 Å². The number of nitrogens with zero attached hydrogens (tertiary/aromatic N) is 1. The van der Waals surface area contributed by atoms with Crippen molar-refractivity contribution in [2.75, 3.05) is 13.7 Å². The molecule has 1 N–H and O–H groups in total. The smallest absolute Gasteiger partial charge is 0.340 e. The first-order valence-electron chi connectivity index (χ1n) is 7.03.